The van der Waals surface area contributed by atoms with Crippen molar-refractivity contribution in [1.82, 2.24) is 14.7 Å². The Bertz CT molecular complexity index is 622. The second-order valence-electron chi connectivity index (χ2n) is 6.19. The van der Waals surface area contributed by atoms with Crippen LogP contribution >= 0.6 is 0 Å². The molecule has 0 N–H and O–H groups in total. The van der Waals surface area contributed by atoms with Crippen LogP contribution in [0.15, 0.2) is 24.3 Å². The van der Waals surface area contributed by atoms with Crippen LogP contribution in [0.25, 0.3) is 0 Å². The van der Waals surface area contributed by atoms with Crippen molar-refractivity contribution in [2.45, 2.75) is 27.3 Å². The van der Waals surface area contributed by atoms with Gasteiger partial charge in [0.1, 0.15) is 6.54 Å². The van der Waals surface area contributed by atoms with Crippen LogP contribution in [0.3, 0.4) is 0 Å². The van der Waals surface area contributed by atoms with E-state index in [9.17, 15) is 14.4 Å². The van der Waals surface area contributed by atoms with Gasteiger partial charge in [0.15, 0.2) is 0 Å². The van der Waals surface area contributed by atoms with E-state index in [1.165, 1.54) is 13.8 Å². The summed E-state index contributed by atoms with van der Waals surface area (Å²) >= 11 is 0. The van der Waals surface area contributed by atoms with Gasteiger partial charge < -0.3 is 14.7 Å². The highest BCUT2D eigenvalue weighted by atomic mass is 16.2. The fraction of sp³-hybridized carbons (Fsp3) is 0.500. The molecule has 1 heterocycles. The van der Waals surface area contributed by atoms with Crippen LogP contribution in [0.4, 0.5) is 0 Å². The van der Waals surface area contributed by atoms with E-state index < -0.39 is 0 Å². The first-order valence-electron chi connectivity index (χ1n) is 8.22. The Balaban J connectivity index is 1.96. The van der Waals surface area contributed by atoms with E-state index in [-0.39, 0.29) is 24.3 Å². The minimum absolute atomic E-state index is 0.0343. The highest BCUT2D eigenvalue weighted by Gasteiger charge is 2.24. The molecule has 0 saturated carbocycles. The van der Waals surface area contributed by atoms with Crippen LogP contribution in [0.2, 0.25) is 0 Å². The SMILES string of the molecule is CC(=O)N1CCN(C(=O)CN(Cc2ccccc2C)C(C)=O)CC1. The Labute approximate surface area is 143 Å². The molecule has 0 radical (unpaired) electrons. The van der Waals surface area contributed by atoms with Crippen molar-refractivity contribution in [3.05, 3.63) is 35.4 Å². The minimum Gasteiger partial charge on any atom is -0.339 e. The predicted octanol–water partition coefficient (Wildman–Crippen LogP) is 1.03. The van der Waals surface area contributed by atoms with Crippen LogP contribution in [0.5, 0.6) is 0 Å². The van der Waals surface area contributed by atoms with Gasteiger partial charge in [-0.1, -0.05) is 24.3 Å². The zero-order valence-corrected chi connectivity index (χ0v) is 14.6. The minimum atomic E-state index is -0.117. The lowest BCUT2D eigenvalue weighted by Crippen LogP contribution is -2.52. The topological polar surface area (TPSA) is 60.9 Å². The average Bonchev–Trinajstić information content (AvgIpc) is 2.56. The van der Waals surface area contributed by atoms with Crippen molar-refractivity contribution in [1.29, 1.82) is 0 Å². The summed E-state index contributed by atoms with van der Waals surface area (Å²) < 4.78 is 0. The van der Waals surface area contributed by atoms with Crippen LogP contribution in [0.1, 0.15) is 25.0 Å². The second kappa shape index (κ2) is 7.95. The number of aryl methyl sites for hydroxylation is 1. The number of nitrogens with zero attached hydrogens (tertiary/aromatic N) is 3. The van der Waals surface area contributed by atoms with Gasteiger partial charge in [-0.15, -0.1) is 0 Å². The standard InChI is InChI=1S/C18H25N3O3/c1-14-6-4-5-7-17(14)12-21(16(3)23)13-18(24)20-10-8-19(9-11-20)15(2)22/h4-7H,8-13H2,1-3H3. The highest BCUT2D eigenvalue weighted by molar-refractivity contribution is 5.84. The van der Waals surface area contributed by atoms with Gasteiger partial charge in [-0.05, 0) is 18.1 Å². The van der Waals surface area contributed by atoms with Gasteiger partial charge in [-0.25, -0.2) is 0 Å². The molecular weight excluding hydrogens is 306 g/mol. The van der Waals surface area contributed by atoms with Crippen molar-refractivity contribution in [2.75, 3.05) is 32.7 Å². The van der Waals surface area contributed by atoms with Crippen molar-refractivity contribution in [3.63, 3.8) is 0 Å². The molecule has 0 bridgehead atoms. The van der Waals surface area contributed by atoms with E-state index >= 15 is 0 Å². The zero-order valence-electron chi connectivity index (χ0n) is 14.6. The summed E-state index contributed by atoms with van der Waals surface area (Å²) in [4.78, 5) is 40.8. The zero-order chi connectivity index (χ0) is 17.7. The Morgan fingerprint density at radius 3 is 2.12 bits per heavy atom. The number of hydrogen-bond acceptors (Lipinski definition) is 3. The van der Waals surface area contributed by atoms with Crippen molar-refractivity contribution in [2.24, 2.45) is 0 Å². The van der Waals surface area contributed by atoms with Gasteiger partial charge >= 0.3 is 0 Å². The molecule has 0 aromatic heterocycles. The molecule has 0 atom stereocenters. The summed E-state index contributed by atoms with van der Waals surface area (Å²) in [6, 6.07) is 7.86. The Hall–Kier alpha value is -2.37. The number of piperazine rings is 1. The van der Waals surface area contributed by atoms with Crippen LogP contribution in [0, 0.1) is 6.92 Å². The van der Waals surface area contributed by atoms with Gasteiger partial charge in [0, 0.05) is 46.6 Å². The summed E-state index contributed by atoms with van der Waals surface area (Å²) in [5, 5.41) is 0. The molecule has 130 valence electrons. The fourth-order valence-electron chi connectivity index (χ4n) is 2.81. The first kappa shape index (κ1) is 18.0. The summed E-state index contributed by atoms with van der Waals surface area (Å²) in [5.74, 6) is -0.150. The average molecular weight is 331 g/mol. The number of rotatable bonds is 4. The molecule has 6 nitrogen and oxygen atoms in total. The molecule has 0 spiro atoms. The lowest BCUT2D eigenvalue weighted by atomic mass is 10.1. The molecule has 0 aliphatic carbocycles. The van der Waals surface area contributed by atoms with E-state index in [4.69, 9.17) is 0 Å². The summed E-state index contributed by atoms with van der Waals surface area (Å²) in [6.07, 6.45) is 0. The lowest BCUT2D eigenvalue weighted by molar-refractivity contribution is -0.142. The molecule has 1 saturated heterocycles. The van der Waals surface area contributed by atoms with E-state index in [0.29, 0.717) is 32.7 Å². The Morgan fingerprint density at radius 1 is 1.00 bits per heavy atom. The molecule has 1 aliphatic rings. The second-order valence-corrected chi connectivity index (χ2v) is 6.19. The van der Waals surface area contributed by atoms with Crippen LogP contribution in [-0.2, 0) is 20.9 Å². The smallest absolute Gasteiger partial charge is 0.242 e. The van der Waals surface area contributed by atoms with E-state index in [1.54, 1.807) is 14.7 Å². The third kappa shape index (κ3) is 4.57. The molecule has 1 aliphatic heterocycles. The van der Waals surface area contributed by atoms with Gasteiger partial charge in [-0.2, -0.15) is 0 Å². The van der Waals surface area contributed by atoms with Crippen molar-refractivity contribution >= 4 is 17.7 Å². The van der Waals surface area contributed by atoms with Crippen molar-refractivity contribution < 1.29 is 14.4 Å². The van der Waals surface area contributed by atoms with Crippen molar-refractivity contribution in [3.8, 4) is 0 Å². The molecule has 0 unspecified atom stereocenters. The van der Waals surface area contributed by atoms with E-state index in [1.807, 2.05) is 31.2 Å². The van der Waals surface area contributed by atoms with Gasteiger partial charge in [0.05, 0.1) is 0 Å². The molecule has 24 heavy (non-hydrogen) atoms. The number of hydrogen-bond donors (Lipinski definition) is 0. The van der Waals surface area contributed by atoms with Gasteiger partial charge in [0.25, 0.3) is 0 Å². The molecule has 1 aromatic carbocycles. The van der Waals surface area contributed by atoms with Gasteiger partial charge in [-0.3, -0.25) is 14.4 Å². The number of carbonyl (C=O) groups excluding carboxylic acids is 3. The molecule has 1 aromatic rings. The van der Waals surface area contributed by atoms with Crippen LogP contribution < -0.4 is 0 Å². The highest BCUT2D eigenvalue weighted by Crippen LogP contribution is 2.11. The largest absolute Gasteiger partial charge is 0.339 e. The monoisotopic (exact) mass is 331 g/mol. The van der Waals surface area contributed by atoms with E-state index in [0.717, 1.165) is 11.1 Å². The lowest BCUT2D eigenvalue weighted by Gasteiger charge is -2.35. The summed E-state index contributed by atoms with van der Waals surface area (Å²) in [7, 11) is 0. The molecule has 6 heteroatoms. The number of amides is 3. The fourth-order valence-corrected chi connectivity index (χ4v) is 2.81. The summed E-state index contributed by atoms with van der Waals surface area (Å²) in [5.41, 5.74) is 2.15. The maximum atomic E-state index is 12.5. The first-order chi connectivity index (χ1) is 11.4. The third-order valence-electron chi connectivity index (χ3n) is 4.47. The normalized spacial score (nSPS) is 14.5. The quantitative estimate of drug-likeness (QED) is 0.828. The van der Waals surface area contributed by atoms with E-state index in [2.05, 4.69) is 0 Å². The third-order valence-corrected chi connectivity index (χ3v) is 4.47. The summed E-state index contributed by atoms with van der Waals surface area (Å²) in [6.45, 7) is 7.68. The Morgan fingerprint density at radius 2 is 1.58 bits per heavy atom. The maximum Gasteiger partial charge on any atom is 0.242 e. The maximum absolute atomic E-state index is 12.5. The predicted molar refractivity (Wildman–Crippen MR) is 91.1 cm³/mol. The first-order valence-corrected chi connectivity index (χ1v) is 8.22. The van der Waals surface area contributed by atoms with Crippen LogP contribution in [-0.4, -0.2) is 65.1 Å². The Kier molecular flexibility index (Phi) is 5.95. The number of carbonyl (C=O) groups is 3. The molecule has 2 rings (SSSR count). The molecule has 1 fully saturated rings. The van der Waals surface area contributed by atoms with Gasteiger partial charge in [0.2, 0.25) is 17.7 Å². The molecular formula is C18H25N3O3. The molecule has 3 amide bonds. The number of benzene rings is 1.